The third-order valence-corrected chi connectivity index (χ3v) is 5.29. The number of carbonyl (C=O) groups is 1. The van der Waals surface area contributed by atoms with Crippen LogP contribution in [0.2, 0.25) is 0 Å². The highest BCUT2D eigenvalue weighted by Crippen LogP contribution is 2.29. The monoisotopic (exact) mass is 385 g/mol. The minimum absolute atomic E-state index is 0. The molecule has 1 fully saturated rings. The predicted octanol–water partition coefficient (Wildman–Crippen LogP) is 2.55. The van der Waals surface area contributed by atoms with E-state index in [1.807, 2.05) is 11.8 Å². The maximum atomic E-state index is 12.9. The number of piperazine rings is 1. The lowest BCUT2D eigenvalue weighted by Crippen LogP contribution is -2.58. The van der Waals surface area contributed by atoms with Gasteiger partial charge in [-0.05, 0) is 26.2 Å². The summed E-state index contributed by atoms with van der Waals surface area (Å²) < 4.78 is 5.47. The fourth-order valence-corrected chi connectivity index (χ4v) is 3.35. The van der Waals surface area contributed by atoms with Gasteiger partial charge in [0.15, 0.2) is 0 Å². The zero-order valence-electron chi connectivity index (χ0n) is 15.8. The fraction of sp³-hybridized carbons (Fsp3) is 0.941. The molecule has 24 heavy (non-hydrogen) atoms. The molecule has 1 saturated heterocycles. The normalized spacial score (nSPS) is 18.7. The molecule has 1 heterocycles. The molecular weight excluding hydrogens is 349 g/mol. The van der Waals surface area contributed by atoms with Gasteiger partial charge in [0.1, 0.15) is 0 Å². The van der Waals surface area contributed by atoms with Gasteiger partial charge in [-0.1, -0.05) is 20.8 Å². The average molecular weight is 386 g/mol. The number of nitrogens with two attached hydrogens (primary N) is 1. The molecule has 0 aromatic rings. The Bertz CT molecular complexity index is 334. The Kier molecular flexibility index (Phi) is 14.4. The van der Waals surface area contributed by atoms with E-state index in [1.165, 1.54) is 0 Å². The maximum absolute atomic E-state index is 12.9. The summed E-state index contributed by atoms with van der Waals surface area (Å²) in [5, 5.41) is 0. The van der Waals surface area contributed by atoms with E-state index in [2.05, 4.69) is 25.7 Å². The Morgan fingerprint density at radius 3 is 2.25 bits per heavy atom. The molecule has 0 aliphatic carbocycles. The number of hydrogen-bond acceptors (Lipinski definition) is 4. The summed E-state index contributed by atoms with van der Waals surface area (Å²) >= 11 is 0. The Hall–Kier alpha value is -0.0700. The van der Waals surface area contributed by atoms with Gasteiger partial charge in [0.2, 0.25) is 5.91 Å². The number of amides is 1. The Balaban J connectivity index is 0. The standard InChI is InChI=1S/C17H35N3O2.2ClH/c1-5-15-13-20(10-9-19(15)11-12-22-8-4)16(21)17(6-2,7-3)14-18;;/h15H,5-14,18H2,1-4H3;2*1H. The summed E-state index contributed by atoms with van der Waals surface area (Å²) in [6.07, 6.45) is 2.70. The van der Waals surface area contributed by atoms with Crippen LogP contribution in [0.5, 0.6) is 0 Å². The first-order chi connectivity index (χ1) is 10.6. The number of halogens is 2. The number of ether oxygens (including phenoxy) is 1. The van der Waals surface area contributed by atoms with Crippen molar-refractivity contribution in [3.63, 3.8) is 0 Å². The zero-order chi connectivity index (χ0) is 16.6. The van der Waals surface area contributed by atoms with Gasteiger partial charge in [0.05, 0.1) is 12.0 Å². The number of carbonyl (C=O) groups excluding carboxylic acids is 1. The number of nitrogens with zero attached hydrogens (tertiary/aromatic N) is 2. The van der Waals surface area contributed by atoms with Crippen LogP contribution in [0.4, 0.5) is 0 Å². The molecule has 1 unspecified atom stereocenters. The summed E-state index contributed by atoms with van der Waals surface area (Å²) in [7, 11) is 0. The van der Waals surface area contributed by atoms with Crippen LogP contribution in [-0.2, 0) is 9.53 Å². The van der Waals surface area contributed by atoms with Crippen LogP contribution in [0.15, 0.2) is 0 Å². The molecule has 0 saturated carbocycles. The fourth-order valence-electron chi connectivity index (χ4n) is 3.35. The number of rotatable bonds is 9. The second kappa shape index (κ2) is 13.2. The second-order valence-electron chi connectivity index (χ2n) is 6.24. The highest BCUT2D eigenvalue weighted by molar-refractivity contribution is 5.85. The van der Waals surface area contributed by atoms with Crippen LogP contribution in [0.1, 0.15) is 47.0 Å². The van der Waals surface area contributed by atoms with Crippen LogP contribution in [0, 0.1) is 5.41 Å². The van der Waals surface area contributed by atoms with Gasteiger partial charge in [0.25, 0.3) is 0 Å². The van der Waals surface area contributed by atoms with Gasteiger partial charge >= 0.3 is 0 Å². The molecule has 0 spiro atoms. The Labute approximate surface area is 160 Å². The molecule has 2 N–H and O–H groups in total. The van der Waals surface area contributed by atoms with Crippen LogP contribution in [0.3, 0.4) is 0 Å². The molecule has 1 atom stereocenters. The van der Waals surface area contributed by atoms with Gasteiger partial charge in [-0.2, -0.15) is 0 Å². The summed E-state index contributed by atoms with van der Waals surface area (Å²) in [6.45, 7) is 13.9. The van der Waals surface area contributed by atoms with Crippen LogP contribution in [0.25, 0.3) is 0 Å². The summed E-state index contributed by atoms with van der Waals surface area (Å²) in [4.78, 5) is 17.5. The molecule has 5 nitrogen and oxygen atoms in total. The van der Waals surface area contributed by atoms with Crippen molar-refractivity contribution in [1.29, 1.82) is 0 Å². The lowest BCUT2D eigenvalue weighted by Gasteiger charge is -2.44. The molecule has 1 aliphatic rings. The first-order valence-electron chi connectivity index (χ1n) is 8.89. The first-order valence-corrected chi connectivity index (χ1v) is 8.89. The molecule has 1 aliphatic heterocycles. The molecule has 146 valence electrons. The van der Waals surface area contributed by atoms with E-state index in [0.29, 0.717) is 12.6 Å². The highest BCUT2D eigenvalue weighted by Gasteiger charge is 2.39. The van der Waals surface area contributed by atoms with Crippen LogP contribution >= 0.6 is 24.8 Å². The molecule has 1 amide bonds. The molecular formula is C17H37Cl2N3O2. The lowest BCUT2D eigenvalue weighted by molar-refractivity contribution is -0.145. The second-order valence-corrected chi connectivity index (χ2v) is 6.24. The summed E-state index contributed by atoms with van der Waals surface area (Å²) in [5.41, 5.74) is 5.57. The number of hydrogen-bond donors (Lipinski definition) is 1. The first kappa shape index (κ1) is 26.2. The topological polar surface area (TPSA) is 58.8 Å². The Morgan fingerprint density at radius 2 is 1.79 bits per heavy atom. The summed E-state index contributed by atoms with van der Waals surface area (Å²) in [6, 6.07) is 0.433. The molecule has 0 radical (unpaired) electrons. The average Bonchev–Trinajstić information content (AvgIpc) is 2.57. The molecule has 1 rings (SSSR count). The lowest BCUT2D eigenvalue weighted by atomic mass is 9.80. The molecule has 0 bridgehead atoms. The van der Waals surface area contributed by atoms with Gasteiger partial charge in [-0.15, -0.1) is 24.8 Å². The van der Waals surface area contributed by atoms with Crippen molar-refractivity contribution in [3.05, 3.63) is 0 Å². The van der Waals surface area contributed by atoms with E-state index in [-0.39, 0.29) is 36.1 Å². The van der Waals surface area contributed by atoms with Gasteiger partial charge < -0.3 is 15.4 Å². The van der Waals surface area contributed by atoms with E-state index in [0.717, 1.165) is 58.7 Å². The van der Waals surface area contributed by atoms with Crippen LogP contribution in [-0.4, -0.2) is 67.7 Å². The quantitative estimate of drug-likeness (QED) is 0.619. The van der Waals surface area contributed by atoms with E-state index < -0.39 is 0 Å². The predicted molar refractivity (Wildman–Crippen MR) is 105 cm³/mol. The van der Waals surface area contributed by atoms with E-state index in [4.69, 9.17) is 10.5 Å². The smallest absolute Gasteiger partial charge is 0.230 e. The molecule has 0 aromatic heterocycles. The SMILES string of the molecule is CCOCCN1CCN(C(=O)C(CC)(CC)CN)CC1CC.Cl.Cl. The minimum Gasteiger partial charge on any atom is -0.380 e. The van der Waals surface area contributed by atoms with Crippen molar-refractivity contribution in [3.8, 4) is 0 Å². The van der Waals surface area contributed by atoms with Gasteiger partial charge in [-0.3, -0.25) is 9.69 Å². The molecule has 0 aromatic carbocycles. The third kappa shape index (κ3) is 6.34. The summed E-state index contributed by atoms with van der Waals surface area (Å²) in [5.74, 6) is 0.253. The van der Waals surface area contributed by atoms with Crippen molar-refractivity contribution in [2.45, 2.75) is 53.0 Å². The highest BCUT2D eigenvalue weighted by atomic mass is 35.5. The van der Waals surface area contributed by atoms with Crippen molar-refractivity contribution < 1.29 is 9.53 Å². The maximum Gasteiger partial charge on any atom is 0.230 e. The van der Waals surface area contributed by atoms with Crippen molar-refractivity contribution in [1.82, 2.24) is 9.80 Å². The minimum atomic E-state index is -0.369. The van der Waals surface area contributed by atoms with E-state index in [9.17, 15) is 4.79 Å². The van der Waals surface area contributed by atoms with Crippen molar-refractivity contribution in [2.24, 2.45) is 11.1 Å². The largest absolute Gasteiger partial charge is 0.380 e. The Morgan fingerprint density at radius 1 is 1.17 bits per heavy atom. The van der Waals surface area contributed by atoms with E-state index >= 15 is 0 Å². The van der Waals surface area contributed by atoms with E-state index in [1.54, 1.807) is 0 Å². The third-order valence-electron chi connectivity index (χ3n) is 5.29. The van der Waals surface area contributed by atoms with Crippen LogP contribution < -0.4 is 5.73 Å². The van der Waals surface area contributed by atoms with Gasteiger partial charge in [0, 0.05) is 45.4 Å². The van der Waals surface area contributed by atoms with Gasteiger partial charge in [-0.25, -0.2) is 0 Å². The zero-order valence-corrected chi connectivity index (χ0v) is 17.4. The molecule has 7 heteroatoms. The van der Waals surface area contributed by atoms with Crippen molar-refractivity contribution >= 4 is 30.7 Å². The van der Waals surface area contributed by atoms with Crippen molar-refractivity contribution in [2.75, 3.05) is 45.9 Å².